The first kappa shape index (κ1) is 20.8. The smallest absolute Gasteiger partial charge is 0.336 e. The number of hydrogen-bond donors (Lipinski definition) is 0. The highest BCUT2D eigenvalue weighted by atomic mass is 32.2. The first-order valence-electron chi connectivity index (χ1n) is 10.2. The minimum atomic E-state index is -3.34. The number of hydrogen-bond acceptors (Lipinski definition) is 5. The van der Waals surface area contributed by atoms with Crippen LogP contribution in [-0.4, -0.2) is 43.8 Å². The Kier molecular flexibility index (Phi) is 6.04. The summed E-state index contributed by atoms with van der Waals surface area (Å²) in [5.74, 6) is 0.0258. The number of benzene rings is 2. The third-order valence-electron chi connectivity index (χ3n) is 5.61. The largest absolute Gasteiger partial charge is 0.423 e. The summed E-state index contributed by atoms with van der Waals surface area (Å²) < 4.78 is 32.5. The van der Waals surface area contributed by atoms with Crippen molar-refractivity contribution in [1.29, 1.82) is 0 Å². The molecule has 1 aliphatic heterocycles. The summed E-state index contributed by atoms with van der Waals surface area (Å²) in [6, 6.07) is 16.8. The van der Waals surface area contributed by atoms with Gasteiger partial charge in [0.05, 0.1) is 5.75 Å². The zero-order valence-corrected chi connectivity index (χ0v) is 17.9. The molecule has 3 aromatic rings. The first-order valence-corrected chi connectivity index (χ1v) is 11.9. The van der Waals surface area contributed by atoms with Crippen molar-refractivity contribution in [2.75, 3.05) is 26.2 Å². The van der Waals surface area contributed by atoms with Crippen molar-refractivity contribution in [3.8, 4) is 0 Å². The van der Waals surface area contributed by atoms with Gasteiger partial charge < -0.3 is 4.42 Å². The average Bonchev–Trinajstić information content (AvgIpc) is 2.74. The molecule has 1 saturated heterocycles. The minimum absolute atomic E-state index is 0.0258. The topological polar surface area (TPSA) is 70.8 Å². The fourth-order valence-electron chi connectivity index (χ4n) is 3.91. The number of rotatable bonds is 6. The maximum atomic E-state index is 12.8. The molecule has 1 aromatic heterocycles. The first-order chi connectivity index (χ1) is 14.4. The van der Waals surface area contributed by atoms with E-state index in [-0.39, 0.29) is 11.4 Å². The highest BCUT2D eigenvalue weighted by molar-refractivity contribution is 7.88. The van der Waals surface area contributed by atoms with Crippen molar-refractivity contribution < 1.29 is 12.8 Å². The Morgan fingerprint density at radius 2 is 1.67 bits per heavy atom. The van der Waals surface area contributed by atoms with Crippen LogP contribution in [0, 0.1) is 0 Å². The molecule has 0 bridgehead atoms. The van der Waals surface area contributed by atoms with Gasteiger partial charge in [-0.2, -0.15) is 4.31 Å². The van der Waals surface area contributed by atoms with E-state index >= 15 is 0 Å². The lowest BCUT2D eigenvalue weighted by Crippen LogP contribution is -2.48. The van der Waals surface area contributed by atoms with Gasteiger partial charge in [0, 0.05) is 44.2 Å². The molecule has 0 atom stereocenters. The molecule has 2 heterocycles. The molecule has 0 saturated carbocycles. The summed E-state index contributed by atoms with van der Waals surface area (Å²) in [7, 11) is -3.34. The Hall–Kier alpha value is -2.48. The minimum Gasteiger partial charge on any atom is -0.423 e. The van der Waals surface area contributed by atoms with E-state index < -0.39 is 10.0 Å². The highest BCUT2D eigenvalue weighted by Gasteiger charge is 2.27. The molecule has 0 N–H and O–H groups in total. The van der Waals surface area contributed by atoms with Crippen LogP contribution < -0.4 is 5.63 Å². The van der Waals surface area contributed by atoms with Crippen molar-refractivity contribution in [3.05, 3.63) is 81.7 Å². The molecule has 0 unspecified atom stereocenters. The lowest BCUT2D eigenvalue weighted by molar-refractivity contribution is 0.182. The summed E-state index contributed by atoms with van der Waals surface area (Å²) in [4.78, 5) is 14.2. The fourth-order valence-corrected chi connectivity index (χ4v) is 5.42. The van der Waals surface area contributed by atoms with Crippen molar-refractivity contribution in [3.63, 3.8) is 0 Å². The summed E-state index contributed by atoms with van der Waals surface area (Å²) >= 11 is 0. The van der Waals surface area contributed by atoms with Crippen LogP contribution in [0.15, 0.2) is 63.8 Å². The Morgan fingerprint density at radius 1 is 0.933 bits per heavy atom. The van der Waals surface area contributed by atoms with Gasteiger partial charge in [0.2, 0.25) is 10.0 Å². The predicted molar refractivity (Wildman–Crippen MR) is 118 cm³/mol. The van der Waals surface area contributed by atoms with Crippen LogP contribution in [-0.2, 0) is 28.7 Å². The lowest BCUT2D eigenvalue weighted by atomic mass is 10.1. The molecule has 30 heavy (non-hydrogen) atoms. The highest BCUT2D eigenvalue weighted by Crippen LogP contribution is 2.22. The average molecular weight is 427 g/mol. The Labute approximate surface area is 176 Å². The van der Waals surface area contributed by atoms with E-state index in [0.717, 1.165) is 28.5 Å². The van der Waals surface area contributed by atoms with Crippen molar-refractivity contribution >= 4 is 21.0 Å². The van der Waals surface area contributed by atoms with Crippen LogP contribution in [0.3, 0.4) is 0 Å². The number of fused-ring (bicyclic) bond motifs is 1. The van der Waals surface area contributed by atoms with Gasteiger partial charge in [0.1, 0.15) is 5.58 Å². The molecule has 158 valence electrons. The van der Waals surface area contributed by atoms with Crippen LogP contribution >= 0.6 is 0 Å². The van der Waals surface area contributed by atoms with E-state index in [1.165, 1.54) is 0 Å². The number of nitrogens with zero attached hydrogens (tertiary/aromatic N) is 2. The predicted octanol–water partition coefficient (Wildman–Crippen LogP) is 3.00. The van der Waals surface area contributed by atoms with Gasteiger partial charge in [-0.05, 0) is 29.2 Å². The molecule has 1 aliphatic rings. The van der Waals surface area contributed by atoms with Gasteiger partial charge in [0.15, 0.2) is 0 Å². The Bertz CT molecular complexity index is 1180. The number of piperazine rings is 1. The van der Waals surface area contributed by atoms with E-state index in [1.54, 1.807) is 10.4 Å². The molecule has 7 heteroatoms. The van der Waals surface area contributed by atoms with Gasteiger partial charge in [-0.15, -0.1) is 0 Å². The summed E-state index contributed by atoms with van der Waals surface area (Å²) in [6.45, 7) is 4.82. The van der Waals surface area contributed by atoms with Crippen molar-refractivity contribution in [2.24, 2.45) is 0 Å². The van der Waals surface area contributed by atoms with Gasteiger partial charge in [-0.1, -0.05) is 49.4 Å². The SMILES string of the molecule is CCc1ccc2c(CN3CCN(S(=O)(=O)Cc4ccccc4)CC3)cc(=O)oc2c1. The van der Waals surface area contributed by atoms with E-state index in [9.17, 15) is 13.2 Å². The van der Waals surface area contributed by atoms with Crippen LogP contribution in [0.2, 0.25) is 0 Å². The van der Waals surface area contributed by atoms with Crippen LogP contribution in [0.4, 0.5) is 0 Å². The van der Waals surface area contributed by atoms with Gasteiger partial charge in [-0.25, -0.2) is 13.2 Å². The zero-order chi connectivity index (χ0) is 21.1. The molecule has 6 nitrogen and oxygen atoms in total. The molecular weight excluding hydrogens is 400 g/mol. The van der Waals surface area contributed by atoms with Gasteiger partial charge in [0.25, 0.3) is 0 Å². The standard InChI is InChI=1S/C23H26N2O4S/c1-2-18-8-9-21-20(15-23(26)29-22(21)14-18)16-24-10-12-25(13-11-24)30(27,28)17-19-6-4-3-5-7-19/h3-9,14-15H,2,10-13,16-17H2,1H3. The molecule has 0 amide bonds. The van der Waals surface area contributed by atoms with Crippen LogP contribution in [0.1, 0.15) is 23.6 Å². The fraction of sp³-hybridized carbons (Fsp3) is 0.348. The van der Waals surface area contributed by atoms with E-state index in [2.05, 4.69) is 17.9 Å². The second-order valence-corrected chi connectivity index (χ2v) is 9.66. The van der Waals surface area contributed by atoms with E-state index in [1.807, 2.05) is 42.5 Å². The Morgan fingerprint density at radius 3 is 2.37 bits per heavy atom. The second kappa shape index (κ2) is 8.71. The molecule has 2 aromatic carbocycles. The van der Waals surface area contributed by atoms with Crippen molar-refractivity contribution in [2.45, 2.75) is 25.6 Å². The molecule has 0 spiro atoms. The van der Waals surface area contributed by atoms with E-state index in [0.29, 0.717) is 38.3 Å². The number of aryl methyl sites for hydroxylation is 1. The summed E-state index contributed by atoms with van der Waals surface area (Å²) in [5.41, 5.74) is 3.11. The normalized spacial score (nSPS) is 16.2. The third-order valence-corrected chi connectivity index (χ3v) is 7.46. The molecular formula is C23H26N2O4S. The summed E-state index contributed by atoms with van der Waals surface area (Å²) in [5, 5.41) is 0.936. The lowest BCUT2D eigenvalue weighted by Gasteiger charge is -2.34. The van der Waals surface area contributed by atoms with Crippen LogP contribution in [0.25, 0.3) is 11.0 Å². The maximum absolute atomic E-state index is 12.8. The summed E-state index contributed by atoms with van der Waals surface area (Å²) in [6.07, 6.45) is 0.878. The maximum Gasteiger partial charge on any atom is 0.336 e. The zero-order valence-electron chi connectivity index (χ0n) is 17.1. The quantitative estimate of drug-likeness (QED) is 0.567. The van der Waals surface area contributed by atoms with E-state index in [4.69, 9.17) is 4.42 Å². The second-order valence-electron chi connectivity index (χ2n) is 7.69. The molecule has 4 rings (SSSR count). The van der Waals surface area contributed by atoms with Crippen molar-refractivity contribution in [1.82, 2.24) is 9.21 Å². The monoisotopic (exact) mass is 426 g/mol. The molecule has 1 fully saturated rings. The van der Waals surface area contributed by atoms with Gasteiger partial charge >= 0.3 is 5.63 Å². The molecule has 0 aliphatic carbocycles. The molecule has 0 radical (unpaired) electrons. The Balaban J connectivity index is 1.44. The third kappa shape index (κ3) is 4.64. The van der Waals surface area contributed by atoms with Gasteiger partial charge in [-0.3, -0.25) is 4.90 Å². The van der Waals surface area contributed by atoms with Crippen LogP contribution in [0.5, 0.6) is 0 Å². The number of sulfonamides is 1.